The van der Waals surface area contributed by atoms with Gasteiger partial charge in [-0.05, 0) is 36.2 Å². The quantitative estimate of drug-likeness (QED) is 0.791. The number of phenols is 1. The van der Waals surface area contributed by atoms with Gasteiger partial charge in [0, 0.05) is 0 Å². The van der Waals surface area contributed by atoms with E-state index in [-0.39, 0.29) is 18.8 Å². The molecule has 0 radical (unpaired) electrons. The fourth-order valence-corrected chi connectivity index (χ4v) is 2.05. The molecule has 0 spiro atoms. The Labute approximate surface area is 126 Å². The molecule has 22 heavy (non-hydrogen) atoms. The zero-order chi connectivity index (χ0) is 16.1. The second kappa shape index (κ2) is 7.00. The summed E-state index contributed by atoms with van der Waals surface area (Å²) in [6.45, 7) is -0.386. The minimum absolute atomic E-state index is 0.0989. The van der Waals surface area contributed by atoms with Gasteiger partial charge in [0.25, 0.3) is 5.91 Å². The van der Waals surface area contributed by atoms with Crippen LogP contribution in [0.25, 0.3) is 0 Å². The van der Waals surface area contributed by atoms with E-state index in [2.05, 4.69) is 5.32 Å². The van der Waals surface area contributed by atoms with Crippen LogP contribution in [0.1, 0.15) is 15.9 Å². The molecule has 3 N–H and O–H groups in total. The van der Waals surface area contributed by atoms with Crippen molar-refractivity contribution in [2.45, 2.75) is 12.5 Å². The molecular weight excluding hydrogens is 292 g/mol. The predicted molar refractivity (Wildman–Crippen MR) is 76.5 cm³/mol. The molecule has 0 fully saturated rings. The van der Waals surface area contributed by atoms with E-state index in [4.69, 9.17) is 0 Å². The van der Waals surface area contributed by atoms with E-state index in [1.165, 1.54) is 18.2 Å². The van der Waals surface area contributed by atoms with Crippen LogP contribution in [0.4, 0.5) is 8.78 Å². The number of aromatic hydroxyl groups is 1. The molecule has 2 rings (SSSR count). The molecule has 116 valence electrons. The highest BCUT2D eigenvalue weighted by Gasteiger charge is 2.20. The van der Waals surface area contributed by atoms with Crippen molar-refractivity contribution in [2.24, 2.45) is 0 Å². The number of amides is 1. The highest BCUT2D eigenvalue weighted by atomic mass is 19.1. The summed E-state index contributed by atoms with van der Waals surface area (Å²) in [5.41, 5.74) is 0.0813. The second-order valence-corrected chi connectivity index (χ2v) is 4.82. The van der Waals surface area contributed by atoms with Gasteiger partial charge in [-0.15, -0.1) is 0 Å². The maximum absolute atomic E-state index is 13.5. The van der Waals surface area contributed by atoms with Gasteiger partial charge in [-0.1, -0.05) is 18.2 Å². The number of aliphatic hydroxyl groups excluding tert-OH is 1. The first-order valence-corrected chi connectivity index (χ1v) is 6.65. The molecule has 0 aromatic heterocycles. The summed E-state index contributed by atoms with van der Waals surface area (Å²) in [6.07, 6.45) is 0.262. The van der Waals surface area contributed by atoms with Gasteiger partial charge in [0.2, 0.25) is 0 Å². The molecule has 0 aliphatic rings. The topological polar surface area (TPSA) is 69.6 Å². The molecule has 4 nitrogen and oxygen atoms in total. The van der Waals surface area contributed by atoms with Gasteiger partial charge in [0.15, 0.2) is 0 Å². The minimum Gasteiger partial charge on any atom is -0.508 e. The lowest BCUT2D eigenvalue weighted by Crippen LogP contribution is -2.39. The molecule has 2 aromatic carbocycles. The maximum atomic E-state index is 13.5. The molecule has 1 atom stereocenters. The van der Waals surface area contributed by atoms with Gasteiger partial charge in [-0.2, -0.15) is 0 Å². The first-order chi connectivity index (χ1) is 10.5. The number of hydrogen-bond donors (Lipinski definition) is 3. The van der Waals surface area contributed by atoms with Crippen molar-refractivity contribution in [1.29, 1.82) is 0 Å². The third-order valence-electron chi connectivity index (χ3n) is 3.16. The van der Waals surface area contributed by atoms with Gasteiger partial charge in [-0.25, -0.2) is 8.78 Å². The first kappa shape index (κ1) is 15.9. The Morgan fingerprint density at radius 3 is 2.23 bits per heavy atom. The van der Waals surface area contributed by atoms with Crippen molar-refractivity contribution < 1.29 is 23.8 Å². The van der Waals surface area contributed by atoms with Gasteiger partial charge >= 0.3 is 0 Å². The summed E-state index contributed by atoms with van der Waals surface area (Å²) < 4.78 is 27.1. The van der Waals surface area contributed by atoms with Crippen LogP contribution in [0.15, 0.2) is 42.5 Å². The van der Waals surface area contributed by atoms with Crippen LogP contribution < -0.4 is 5.32 Å². The number of benzene rings is 2. The van der Waals surface area contributed by atoms with Gasteiger partial charge in [0.05, 0.1) is 12.6 Å². The van der Waals surface area contributed by atoms with E-state index < -0.39 is 29.1 Å². The van der Waals surface area contributed by atoms with Crippen LogP contribution in [0.3, 0.4) is 0 Å². The SMILES string of the molecule is O=C(N[C@H](CO)Cc1ccc(O)cc1)c1c(F)cccc1F. The smallest absolute Gasteiger partial charge is 0.257 e. The molecule has 0 bridgehead atoms. The number of carbonyl (C=O) groups is 1. The summed E-state index contributed by atoms with van der Waals surface area (Å²) in [5, 5.41) is 20.9. The Morgan fingerprint density at radius 1 is 1.09 bits per heavy atom. The van der Waals surface area contributed by atoms with Crippen molar-refractivity contribution in [1.82, 2.24) is 5.32 Å². The zero-order valence-corrected chi connectivity index (χ0v) is 11.6. The number of rotatable bonds is 5. The first-order valence-electron chi connectivity index (χ1n) is 6.65. The minimum atomic E-state index is -0.959. The van der Waals surface area contributed by atoms with E-state index in [0.717, 1.165) is 17.7 Å². The fourth-order valence-electron chi connectivity index (χ4n) is 2.05. The van der Waals surface area contributed by atoms with Crippen molar-refractivity contribution in [2.75, 3.05) is 6.61 Å². The Hall–Kier alpha value is -2.47. The Balaban J connectivity index is 2.09. The third kappa shape index (κ3) is 3.79. The average Bonchev–Trinajstić information content (AvgIpc) is 2.48. The summed E-state index contributed by atoms with van der Waals surface area (Å²) in [6, 6.07) is 8.67. The number of aliphatic hydroxyl groups is 1. The van der Waals surface area contributed by atoms with E-state index in [9.17, 15) is 23.8 Å². The Morgan fingerprint density at radius 2 is 1.68 bits per heavy atom. The van der Waals surface area contributed by atoms with Crippen LogP contribution >= 0.6 is 0 Å². The van der Waals surface area contributed by atoms with E-state index in [1.807, 2.05) is 0 Å². The number of carbonyl (C=O) groups excluding carboxylic acids is 1. The molecule has 1 amide bonds. The van der Waals surface area contributed by atoms with Gasteiger partial charge in [0.1, 0.15) is 22.9 Å². The lowest BCUT2D eigenvalue weighted by Gasteiger charge is -2.17. The highest BCUT2D eigenvalue weighted by molar-refractivity contribution is 5.94. The van der Waals surface area contributed by atoms with Crippen LogP contribution in [-0.4, -0.2) is 28.8 Å². The normalized spacial score (nSPS) is 12.0. The maximum Gasteiger partial charge on any atom is 0.257 e. The van der Waals surface area contributed by atoms with E-state index >= 15 is 0 Å². The third-order valence-corrected chi connectivity index (χ3v) is 3.16. The van der Waals surface area contributed by atoms with Crippen LogP contribution in [0.2, 0.25) is 0 Å². The van der Waals surface area contributed by atoms with Crippen LogP contribution in [0, 0.1) is 11.6 Å². The predicted octanol–water partition coefficient (Wildman–Crippen LogP) is 2.00. The van der Waals surface area contributed by atoms with Gasteiger partial charge < -0.3 is 15.5 Å². The fraction of sp³-hybridized carbons (Fsp3) is 0.188. The molecule has 0 saturated heterocycles. The highest BCUT2D eigenvalue weighted by Crippen LogP contribution is 2.14. The summed E-state index contributed by atoms with van der Waals surface area (Å²) in [4.78, 5) is 12.0. The Kier molecular flexibility index (Phi) is 5.06. The lowest BCUT2D eigenvalue weighted by molar-refractivity contribution is 0.0908. The monoisotopic (exact) mass is 307 g/mol. The molecule has 6 heteroatoms. The lowest BCUT2D eigenvalue weighted by atomic mass is 10.1. The van der Waals surface area contributed by atoms with Crippen molar-refractivity contribution in [3.63, 3.8) is 0 Å². The molecule has 0 saturated carbocycles. The molecule has 0 aliphatic carbocycles. The summed E-state index contributed by atoms with van der Waals surface area (Å²) in [7, 11) is 0. The number of hydrogen-bond acceptors (Lipinski definition) is 3. The largest absolute Gasteiger partial charge is 0.508 e. The molecular formula is C16H15F2NO3. The summed E-state index contributed by atoms with van der Waals surface area (Å²) in [5.74, 6) is -2.74. The van der Waals surface area contributed by atoms with Crippen LogP contribution in [-0.2, 0) is 6.42 Å². The zero-order valence-electron chi connectivity index (χ0n) is 11.6. The molecule has 0 aliphatic heterocycles. The molecule has 0 unspecified atom stereocenters. The Bertz CT molecular complexity index is 639. The number of nitrogens with one attached hydrogen (secondary N) is 1. The van der Waals surface area contributed by atoms with Crippen molar-refractivity contribution >= 4 is 5.91 Å². The number of halogens is 2. The van der Waals surface area contributed by atoms with Crippen molar-refractivity contribution in [3.05, 3.63) is 65.2 Å². The average molecular weight is 307 g/mol. The summed E-state index contributed by atoms with van der Waals surface area (Å²) >= 11 is 0. The van der Waals surface area contributed by atoms with E-state index in [1.54, 1.807) is 12.1 Å². The van der Waals surface area contributed by atoms with Crippen LogP contribution in [0.5, 0.6) is 5.75 Å². The number of phenolic OH excluding ortho intramolecular Hbond substituents is 1. The standard InChI is InChI=1S/C16H15F2NO3/c17-13-2-1-3-14(18)15(13)16(22)19-11(9-20)8-10-4-6-12(21)7-5-10/h1-7,11,20-21H,8-9H2,(H,19,22)/t11-/m0/s1. The molecule has 0 heterocycles. The van der Waals surface area contributed by atoms with Crippen molar-refractivity contribution in [3.8, 4) is 5.75 Å². The molecule has 2 aromatic rings. The second-order valence-electron chi connectivity index (χ2n) is 4.82. The van der Waals surface area contributed by atoms with Gasteiger partial charge in [-0.3, -0.25) is 4.79 Å². The van der Waals surface area contributed by atoms with E-state index in [0.29, 0.717) is 0 Å².